The molecule has 2 N–H and O–H groups in total. The first kappa shape index (κ1) is 12.3. The number of hydrogen-bond donors (Lipinski definition) is 1. The van der Waals surface area contributed by atoms with E-state index < -0.39 is 0 Å². The van der Waals surface area contributed by atoms with Gasteiger partial charge in [-0.15, -0.1) is 0 Å². The molecule has 17 heavy (non-hydrogen) atoms. The molecule has 2 rings (SSSR count). The monoisotopic (exact) mass is 343 g/mol. The summed E-state index contributed by atoms with van der Waals surface area (Å²) in [5.41, 5.74) is 7.78. The van der Waals surface area contributed by atoms with E-state index in [1.54, 1.807) is 12.5 Å². The average molecular weight is 343 g/mol. The van der Waals surface area contributed by atoms with Gasteiger partial charge in [-0.1, -0.05) is 13.8 Å². The van der Waals surface area contributed by atoms with Gasteiger partial charge in [0.05, 0.1) is 21.8 Å². The molecule has 0 aliphatic heterocycles. The van der Waals surface area contributed by atoms with E-state index in [0.717, 1.165) is 15.0 Å². The zero-order valence-electron chi connectivity index (χ0n) is 9.98. The summed E-state index contributed by atoms with van der Waals surface area (Å²) in [6, 6.07) is 0. The minimum Gasteiger partial charge on any atom is -0.383 e. The van der Waals surface area contributed by atoms with Crippen LogP contribution in [0.2, 0.25) is 0 Å². The number of halogens is 1. The van der Waals surface area contributed by atoms with Crippen LogP contribution in [0.3, 0.4) is 0 Å². The van der Waals surface area contributed by atoms with Gasteiger partial charge < -0.3 is 10.3 Å². The highest BCUT2D eigenvalue weighted by Crippen LogP contribution is 2.26. The number of anilines is 1. The number of imidazole rings is 1. The highest BCUT2D eigenvalue weighted by atomic mass is 127. The molecule has 0 bridgehead atoms. The van der Waals surface area contributed by atoms with E-state index >= 15 is 0 Å². The maximum Gasteiger partial charge on any atom is 0.180 e. The summed E-state index contributed by atoms with van der Waals surface area (Å²) in [4.78, 5) is 13.0. The molecule has 0 atom stereocenters. The van der Waals surface area contributed by atoms with Crippen molar-refractivity contribution in [3.05, 3.63) is 21.8 Å². The maximum absolute atomic E-state index is 5.93. The highest BCUT2D eigenvalue weighted by molar-refractivity contribution is 14.1. The fraction of sp³-hybridized carbons (Fsp3) is 0.364. The fourth-order valence-electron chi connectivity index (χ4n) is 1.55. The second-order valence-corrected chi connectivity index (χ2v) is 5.25. The summed E-state index contributed by atoms with van der Waals surface area (Å²) >= 11 is 2.19. The Balaban J connectivity index is 2.61. The number of nitrogens with zero attached hydrogens (tertiary/aromatic N) is 4. The first-order valence-corrected chi connectivity index (χ1v) is 6.38. The van der Waals surface area contributed by atoms with Crippen molar-refractivity contribution >= 4 is 28.4 Å². The van der Waals surface area contributed by atoms with Gasteiger partial charge in [0.2, 0.25) is 0 Å². The summed E-state index contributed by atoms with van der Waals surface area (Å²) in [5, 5.41) is 0. The lowest BCUT2D eigenvalue weighted by Crippen LogP contribution is -2.07. The second-order valence-electron chi connectivity index (χ2n) is 4.18. The van der Waals surface area contributed by atoms with Crippen LogP contribution in [0.1, 0.15) is 25.5 Å². The third-order valence-corrected chi connectivity index (χ3v) is 3.60. The van der Waals surface area contributed by atoms with Gasteiger partial charge in [-0.3, -0.25) is 0 Å². The van der Waals surface area contributed by atoms with Crippen LogP contribution in [0.25, 0.3) is 11.5 Å². The van der Waals surface area contributed by atoms with E-state index in [0.29, 0.717) is 17.6 Å². The van der Waals surface area contributed by atoms with Crippen molar-refractivity contribution in [3.63, 3.8) is 0 Å². The summed E-state index contributed by atoms with van der Waals surface area (Å²) in [6.07, 6.45) is 3.47. The van der Waals surface area contributed by atoms with E-state index in [2.05, 4.69) is 51.4 Å². The molecule has 0 fully saturated rings. The number of aryl methyl sites for hydroxylation is 1. The number of aromatic nitrogens is 4. The van der Waals surface area contributed by atoms with Crippen LogP contribution in [0.15, 0.2) is 12.5 Å². The molecule has 0 unspecified atom stereocenters. The summed E-state index contributed by atoms with van der Waals surface area (Å²) < 4.78 is 2.81. The van der Waals surface area contributed by atoms with Crippen molar-refractivity contribution in [2.45, 2.75) is 19.8 Å². The Bertz CT molecular complexity index is 547. The number of rotatable bonds is 2. The minimum atomic E-state index is 0.319. The van der Waals surface area contributed by atoms with Crippen LogP contribution in [-0.2, 0) is 7.05 Å². The first-order valence-electron chi connectivity index (χ1n) is 5.30. The van der Waals surface area contributed by atoms with Gasteiger partial charge in [-0.2, -0.15) is 0 Å². The van der Waals surface area contributed by atoms with Gasteiger partial charge in [-0.05, 0) is 28.5 Å². The van der Waals surface area contributed by atoms with E-state index in [4.69, 9.17) is 5.73 Å². The second kappa shape index (κ2) is 4.59. The molecule has 0 amide bonds. The standard InChI is InChI=1S/C11H14IN5/c1-6(2)9-8(12)10(13)16-11(15-9)7-4-14-5-17(7)3/h4-6H,1-3H3,(H2,13,15,16). The zero-order valence-corrected chi connectivity index (χ0v) is 12.1. The van der Waals surface area contributed by atoms with Gasteiger partial charge in [-0.25, -0.2) is 15.0 Å². The molecule has 0 aliphatic rings. The number of nitrogen functional groups attached to an aromatic ring is 1. The molecule has 0 spiro atoms. The average Bonchev–Trinajstić information content (AvgIpc) is 2.68. The first-order chi connectivity index (χ1) is 8.00. The number of hydrogen-bond acceptors (Lipinski definition) is 4. The Morgan fingerprint density at radius 3 is 2.59 bits per heavy atom. The Morgan fingerprint density at radius 2 is 2.06 bits per heavy atom. The largest absolute Gasteiger partial charge is 0.383 e. The van der Waals surface area contributed by atoms with Gasteiger partial charge in [0, 0.05) is 7.05 Å². The fourth-order valence-corrected chi connectivity index (χ4v) is 2.42. The van der Waals surface area contributed by atoms with Crippen molar-refractivity contribution in [3.8, 4) is 11.5 Å². The quantitative estimate of drug-likeness (QED) is 0.849. The summed E-state index contributed by atoms with van der Waals surface area (Å²) in [6.45, 7) is 4.19. The SMILES string of the molecule is CC(C)c1nc(-c2cncn2C)nc(N)c1I. The van der Waals surface area contributed by atoms with Crippen LogP contribution in [0, 0.1) is 3.57 Å². The minimum absolute atomic E-state index is 0.319. The lowest BCUT2D eigenvalue weighted by molar-refractivity contribution is 0.805. The summed E-state index contributed by atoms with van der Waals surface area (Å²) in [7, 11) is 1.91. The van der Waals surface area contributed by atoms with Crippen LogP contribution in [-0.4, -0.2) is 19.5 Å². The van der Waals surface area contributed by atoms with Crippen molar-refractivity contribution in [2.24, 2.45) is 7.05 Å². The predicted molar refractivity (Wildman–Crippen MR) is 75.5 cm³/mol. The molecule has 5 nitrogen and oxygen atoms in total. The Morgan fingerprint density at radius 1 is 1.35 bits per heavy atom. The van der Waals surface area contributed by atoms with Crippen molar-refractivity contribution < 1.29 is 0 Å². The highest BCUT2D eigenvalue weighted by Gasteiger charge is 2.15. The Labute approximate surface area is 114 Å². The normalized spacial score (nSPS) is 11.1. The molecule has 0 saturated heterocycles. The third kappa shape index (κ3) is 2.26. The molecule has 0 aromatic carbocycles. The molecule has 2 heterocycles. The molecule has 90 valence electrons. The molecule has 6 heteroatoms. The number of nitrogens with two attached hydrogens (primary N) is 1. The third-order valence-electron chi connectivity index (χ3n) is 2.50. The van der Waals surface area contributed by atoms with Crippen LogP contribution in [0.5, 0.6) is 0 Å². The van der Waals surface area contributed by atoms with Gasteiger partial charge >= 0.3 is 0 Å². The Kier molecular flexibility index (Phi) is 3.32. The van der Waals surface area contributed by atoms with Crippen molar-refractivity contribution in [1.82, 2.24) is 19.5 Å². The van der Waals surface area contributed by atoms with Gasteiger partial charge in [0.25, 0.3) is 0 Å². The molecular formula is C11H14IN5. The van der Waals surface area contributed by atoms with Gasteiger partial charge in [0.15, 0.2) is 5.82 Å². The molecule has 0 saturated carbocycles. The smallest absolute Gasteiger partial charge is 0.180 e. The van der Waals surface area contributed by atoms with Crippen molar-refractivity contribution in [1.29, 1.82) is 0 Å². The van der Waals surface area contributed by atoms with E-state index in [1.807, 2.05) is 11.6 Å². The molecule has 0 radical (unpaired) electrons. The topological polar surface area (TPSA) is 69.6 Å². The van der Waals surface area contributed by atoms with Crippen LogP contribution >= 0.6 is 22.6 Å². The lowest BCUT2D eigenvalue weighted by Gasteiger charge is -2.11. The van der Waals surface area contributed by atoms with E-state index in [1.165, 1.54) is 0 Å². The lowest BCUT2D eigenvalue weighted by atomic mass is 10.1. The summed E-state index contributed by atoms with van der Waals surface area (Å²) in [5.74, 6) is 1.48. The zero-order chi connectivity index (χ0) is 12.6. The molecule has 2 aromatic heterocycles. The predicted octanol–water partition coefficient (Wildman–Crippen LogP) is 2.19. The van der Waals surface area contributed by atoms with Gasteiger partial charge in [0.1, 0.15) is 11.5 Å². The van der Waals surface area contributed by atoms with Crippen LogP contribution in [0.4, 0.5) is 5.82 Å². The van der Waals surface area contributed by atoms with E-state index in [9.17, 15) is 0 Å². The van der Waals surface area contributed by atoms with E-state index in [-0.39, 0.29) is 0 Å². The van der Waals surface area contributed by atoms with Crippen LogP contribution < -0.4 is 5.73 Å². The van der Waals surface area contributed by atoms with Crippen molar-refractivity contribution in [2.75, 3.05) is 5.73 Å². The molecule has 0 aliphatic carbocycles. The Hall–Kier alpha value is -1.18. The molecular weight excluding hydrogens is 329 g/mol. The maximum atomic E-state index is 5.93. The molecule has 2 aromatic rings.